The predicted molar refractivity (Wildman–Crippen MR) is 76.5 cm³/mol. The molecule has 0 aliphatic heterocycles. The van der Waals surface area contributed by atoms with Crippen LogP contribution in [-0.4, -0.2) is 0 Å². The van der Waals surface area contributed by atoms with Crippen molar-refractivity contribution in [2.75, 3.05) is 0 Å². The van der Waals surface area contributed by atoms with E-state index in [1.54, 1.807) is 12.1 Å². The molecule has 4 heteroatoms. The largest absolute Gasteiger partial charge is 0.271 e. The molecule has 1 unspecified atom stereocenters. The van der Waals surface area contributed by atoms with E-state index < -0.39 is 6.04 Å². The molecule has 0 spiro atoms. The van der Waals surface area contributed by atoms with Crippen LogP contribution in [0.5, 0.6) is 0 Å². The van der Waals surface area contributed by atoms with Gasteiger partial charge in [0.15, 0.2) is 0 Å². The van der Waals surface area contributed by atoms with Crippen LogP contribution in [0.3, 0.4) is 0 Å². The van der Waals surface area contributed by atoms with Crippen molar-refractivity contribution in [2.24, 2.45) is 5.84 Å². The standard InChI is InChI=1S/C15H16ClFN2/c1-9-6-10(2)14(13(17)7-9)15(19-18)11-4-3-5-12(16)8-11/h3-8,15,19H,18H2,1-2H3. The quantitative estimate of drug-likeness (QED) is 0.664. The summed E-state index contributed by atoms with van der Waals surface area (Å²) >= 11 is 5.98. The Bertz CT molecular complexity index is 575. The summed E-state index contributed by atoms with van der Waals surface area (Å²) in [4.78, 5) is 0. The minimum atomic E-state index is -0.417. The van der Waals surface area contributed by atoms with Crippen molar-refractivity contribution in [2.45, 2.75) is 19.9 Å². The number of rotatable bonds is 3. The number of hydrazine groups is 1. The number of benzene rings is 2. The molecular formula is C15H16ClFN2. The molecular weight excluding hydrogens is 263 g/mol. The van der Waals surface area contributed by atoms with Crippen LogP contribution in [0.25, 0.3) is 0 Å². The molecule has 0 heterocycles. The van der Waals surface area contributed by atoms with E-state index in [1.807, 2.05) is 32.0 Å². The smallest absolute Gasteiger partial charge is 0.128 e. The van der Waals surface area contributed by atoms with Crippen LogP contribution in [0.15, 0.2) is 36.4 Å². The number of halogens is 2. The highest BCUT2D eigenvalue weighted by atomic mass is 35.5. The van der Waals surface area contributed by atoms with E-state index in [0.717, 1.165) is 16.7 Å². The van der Waals surface area contributed by atoms with Crippen molar-refractivity contribution in [3.63, 3.8) is 0 Å². The van der Waals surface area contributed by atoms with Crippen molar-refractivity contribution in [3.05, 3.63) is 69.5 Å². The Morgan fingerprint density at radius 1 is 1.21 bits per heavy atom. The Morgan fingerprint density at radius 3 is 2.53 bits per heavy atom. The van der Waals surface area contributed by atoms with Crippen molar-refractivity contribution < 1.29 is 4.39 Å². The second-order valence-electron chi connectivity index (χ2n) is 4.63. The van der Waals surface area contributed by atoms with Crippen molar-refractivity contribution >= 4 is 11.6 Å². The van der Waals surface area contributed by atoms with Gasteiger partial charge in [-0.3, -0.25) is 5.84 Å². The zero-order valence-electron chi connectivity index (χ0n) is 10.9. The monoisotopic (exact) mass is 278 g/mol. The van der Waals surface area contributed by atoms with Gasteiger partial charge in [0, 0.05) is 10.6 Å². The Kier molecular flexibility index (Phi) is 4.20. The van der Waals surface area contributed by atoms with Gasteiger partial charge in [0.1, 0.15) is 5.82 Å². The topological polar surface area (TPSA) is 38.0 Å². The van der Waals surface area contributed by atoms with E-state index in [1.165, 1.54) is 6.07 Å². The number of hydrogen-bond donors (Lipinski definition) is 2. The Morgan fingerprint density at radius 2 is 1.95 bits per heavy atom. The molecule has 2 aromatic rings. The maximum absolute atomic E-state index is 14.2. The Balaban J connectivity index is 2.54. The SMILES string of the molecule is Cc1cc(C)c(C(NN)c2cccc(Cl)c2)c(F)c1. The molecule has 0 bridgehead atoms. The molecule has 2 nitrogen and oxygen atoms in total. The van der Waals surface area contributed by atoms with E-state index in [0.29, 0.717) is 10.6 Å². The first-order chi connectivity index (χ1) is 9.02. The minimum Gasteiger partial charge on any atom is -0.271 e. The highest BCUT2D eigenvalue weighted by Gasteiger charge is 2.19. The minimum absolute atomic E-state index is 0.263. The van der Waals surface area contributed by atoms with Crippen molar-refractivity contribution in [3.8, 4) is 0 Å². The third-order valence-electron chi connectivity index (χ3n) is 3.12. The van der Waals surface area contributed by atoms with Gasteiger partial charge in [-0.2, -0.15) is 0 Å². The lowest BCUT2D eigenvalue weighted by Gasteiger charge is -2.20. The summed E-state index contributed by atoms with van der Waals surface area (Å²) in [5.41, 5.74) is 5.80. The zero-order valence-corrected chi connectivity index (χ0v) is 11.6. The van der Waals surface area contributed by atoms with Gasteiger partial charge in [0.2, 0.25) is 0 Å². The molecule has 0 amide bonds. The first-order valence-corrected chi connectivity index (χ1v) is 6.39. The van der Waals surface area contributed by atoms with Crippen LogP contribution < -0.4 is 11.3 Å². The second-order valence-corrected chi connectivity index (χ2v) is 5.07. The molecule has 3 N–H and O–H groups in total. The lowest BCUT2D eigenvalue weighted by atomic mass is 9.93. The van der Waals surface area contributed by atoms with Crippen LogP contribution in [0, 0.1) is 19.7 Å². The van der Waals surface area contributed by atoms with Gasteiger partial charge in [0.05, 0.1) is 6.04 Å². The lowest BCUT2D eigenvalue weighted by Crippen LogP contribution is -2.30. The first-order valence-electron chi connectivity index (χ1n) is 6.01. The summed E-state index contributed by atoms with van der Waals surface area (Å²) in [6.45, 7) is 3.74. The van der Waals surface area contributed by atoms with Crippen molar-refractivity contribution in [1.29, 1.82) is 0 Å². The number of nitrogens with one attached hydrogen (secondary N) is 1. The van der Waals surface area contributed by atoms with Crippen LogP contribution in [0.1, 0.15) is 28.3 Å². The van der Waals surface area contributed by atoms with Gasteiger partial charge in [-0.25, -0.2) is 9.82 Å². The molecule has 0 aliphatic carbocycles. The lowest BCUT2D eigenvalue weighted by molar-refractivity contribution is 0.556. The number of aryl methyl sites for hydroxylation is 2. The molecule has 19 heavy (non-hydrogen) atoms. The molecule has 2 aromatic carbocycles. The highest BCUT2D eigenvalue weighted by Crippen LogP contribution is 2.29. The summed E-state index contributed by atoms with van der Waals surface area (Å²) in [6.07, 6.45) is 0. The fraction of sp³-hybridized carbons (Fsp3) is 0.200. The summed E-state index contributed by atoms with van der Waals surface area (Å²) in [5, 5.41) is 0.600. The molecule has 0 saturated heterocycles. The maximum atomic E-state index is 14.2. The van der Waals surface area contributed by atoms with Gasteiger partial charge >= 0.3 is 0 Å². The average Bonchev–Trinajstić information content (AvgIpc) is 2.33. The third kappa shape index (κ3) is 2.95. The van der Waals surface area contributed by atoms with E-state index in [2.05, 4.69) is 5.43 Å². The molecule has 0 aliphatic rings. The van der Waals surface area contributed by atoms with Gasteiger partial charge in [-0.15, -0.1) is 0 Å². The number of hydrogen-bond acceptors (Lipinski definition) is 2. The molecule has 1 atom stereocenters. The van der Waals surface area contributed by atoms with Crippen LogP contribution >= 0.6 is 11.6 Å². The summed E-state index contributed by atoms with van der Waals surface area (Å²) < 4.78 is 14.2. The van der Waals surface area contributed by atoms with Crippen LogP contribution in [0.4, 0.5) is 4.39 Å². The molecule has 0 fully saturated rings. The zero-order chi connectivity index (χ0) is 14.0. The van der Waals surface area contributed by atoms with Gasteiger partial charge in [-0.05, 0) is 48.7 Å². The third-order valence-corrected chi connectivity index (χ3v) is 3.35. The predicted octanol–water partition coefficient (Wildman–Crippen LogP) is 3.65. The van der Waals surface area contributed by atoms with E-state index in [-0.39, 0.29) is 5.82 Å². The normalized spacial score (nSPS) is 12.5. The molecule has 2 rings (SSSR count). The summed E-state index contributed by atoms with van der Waals surface area (Å²) in [6, 6.07) is 10.3. The highest BCUT2D eigenvalue weighted by molar-refractivity contribution is 6.30. The summed E-state index contributed by atoms with van der Waals surface area (Å²) in [7, 11) is 0. The van der Waals surface area contributed by atoms with Crippen molar-refractivity contribution in [1.82, 2.24) is 5.43 Å². The van der Waals surface area contributed by atoms with E-state index in [9.17, 15) is 4.39 Å². The Labute approximate surface area is 117 Å². The average molecular weight is 279 g/mol. The molecule has 0 radical (unpaired) electrons. The summed E-state index contributed by atoms with van der Waals surface area (Å²) in [5.74, 6) is 5.34. The van der Waals surface area contributed by atoms with E-state index in [4.69, 9.17) is 17.4 Å². The van der Waals surface area contributed by atoms with Gasteiger partial charge < -0.3 is 0 Å². The first kappa shape index (κ1) is 14.0. The van der Waals surface area contributed by atoms with Crippen LogP contribution in [-0.2, 0) is 0 Å². The van der Waals surface area contributed by atoms with Crippen LogP contribution in [0.2, 0.25) is 5.02 Å². The molecule has 0 aromatic heterocycles. The molecule has 0 saturated carbocycles. The van der Waals surface area contributed by atoms with Gasteiger partial charge in [0.25, 0.3) is 0 Å². The van der Waals surface area contributed by atoms with E-state index >= 15 is 0 Å². The fourth-order valence-corrected chi connectivity index (χ4v) is 2.52. The second kappa shape index (κ2) is 5.70. The molecule has 100 valence electrons. The number of nitrogens with two attached hydrogens (primary N) is 1. The maximum Gasteiger partial charge on any atom is 0.128 e. The fourth-order valence-electron chi connectivity index (χ4n) is 2.32. The Hall–Kier alpha value is -1.42. The van der Waals surface area contributed by atoms with Gasteiger partial charge in [-0.1, -0.05) is 29.8 Å².